The van der Waals surface area contributed by atoms with Gasteiger partial charge in [0.15, 0.2) is 0 Å². The monoisotopic (exact) mass is 144 g/mol. The third-order valence-corrected chi connectivity index (χ3v) is 2.20. The molecule has 0 rings (SSSR count). The number of hydrogen-bond donors (Lipinski definition) is 1. The Morgan fingerprint density at radius 1 is 1.30 bits per heavy atom. The number of aliphatic hydroxyl groups excluding tert-OH is 1. The van der Waals surface area contributed by atoms with Crippen LogP contribution in [0.25, 0.3) is 0 Å². The fourth-order valence-corrected chi connectivity index (χ4v) is 1.41. The van der Waals surface area contributed by atoms with Gasteiger partial charge < -0.3 is 5.11 Å². The first-order valence-electron chi connectivity index (χ1n) is 4.13. The van der Waals surface area contributed by atoms with E-state index in [2.05, 4.69) is 27.7 Å². The fourth-order valence-electron chi connectivity index (χ4n) is 1.41. The molecule has 0 bridgehead atoms. The first-order chi connectivity index (χ1) is 4.52. The van der Waals surface area contributed by atoms with Crippen LogP contribution in [0.2, 0.25) is 0 Å². The predicted molar refractivity (Wildman–Crippen MR) is 44.9 cm³/mol. The largest absolute Gasteiger partial charge is 0.396 e. The standard InChI is InChI=1S/C9H20O/c1-5-8(6-7-10)9(2,3)4/h8,10H,5-7H2,1-4H3/t8-/m1/s1. The zero-order valence-electron chi connectivity index (χ0n) is 7.65. The number of aliphatic hydroxyl groups is 1. The number of hydrogen-bond acceptors (Lipinski definition) is 1. The van der Waals surface area contributed by atoms with E-state index in [4.69, 9.17) is 5.11 Å². The van der Waals surface area contributed by atoms with Crippen LogP contribution in [0.5, 0.6) is 0 Å². The van der Waals surface area contributed by atoms with Gasteiger partial charge in [0, 0.05) is 6.61 Å². The SMILES string of the molecule is CC[C@H](CCO)C(C)(C)C. The first kappa shape index (κ1) is 9.96. The topological polar surface area (TPSA) is 20.2 Å². The van der Waals surface area contributed by atoms with Crippen molar-refractivity contribution in [3.05, 3.63) is 0 Å². The molecule has 0 aromatic carbocycles. The third-order valence-electron chi connectivity index (χ3n) is 2.20. The maximum Gasteiger partial charge on any atom is 0.0433 e. The number of rotatable bonds is 3. The van der Waals surface area contributed by atoms with E-state index < -0.39 is 0 Å². The van der Waals surface area contributed by atoms with Gasteiger partial charge in [-0.3, -0.25) is 0 Å². The fraction of sp³-hybridized carbons (Fsp3) is 1.00. The molecule has 0 heterocycles. The summed E-state index contributed by atoms with van der Waals surface area (Å²) in [4.78, 5) is 0. The highest BCUT2D eigenvalue weighted by Crippen LogP contribution is 2.30. The van der Waals surface area contributed by atoms with Gasteiger partial charge in [0.25, 0.3) is 0 Å². The molecule has 10 heavy (non-hydrogen) atoms. The van der Waals surface area contributed by atoms with Crippen molar-refractivity contribution in [2.75, 3.05) is 6.61 Å². The van der Waals surface area contributed by atoms with E-state index in [1.165, 1.54) is 6.42 Å². The summed E-state index contributed by atoms with van der Waals surface area (Å²) < 4.78 is 0. The zero-order valence-corrected chi connectivity index (χ0v) is 7.65. The van der Waals surface area contributed by atoms with E-state index >= 15 is 0 Å². The summed E-state index contributed by atoms with van der Waals surface area (Å²) in [5.74, 6) is 0.664. The molecule has 1 heteroatoms. The highest BCUT2D eigenvalue weighted by atomic mass is 16.3. The van der Waals surface area contributed by atoms with Crippen molar-refractivity contribution in [2.24, 2.45) is 11.3 Å². The van der Waals surface area contributed by atoms with Gasteiger partial charge in [-0.25, -0.2) is 0 Å². The van der Waals surface area contributed by atoms with E-state index in [9.17, 15) is 0 Å². The third kappa shape index (κ3) is 3.21. The average Bonchev–Trinajstić information content (AvgIpc) is 1.80. The molecule has 0 aliphatic rings. The summed E-state index contributed by atoms with van der Waals surface area (Å²) >= 11 is 0. The van der Waals surface area contributed by atoms with Gasteiger partial charge in [0.1, 0.15) is 0 Å². The van der Waals surface area contributed by atoms with Crippen LogP contribution in [0.1, 0.15) is 40.5 Å². The minimum atomic E-state index is 0.329. The van der Waals surface area contributed by atoms with Crippen LogP contribution >= 0.6 is 0 Å². The Labute approximate surface area is 64.5 Å². The van der Waals surface area contributed by atoms with Gasteiger partial charge in [0.05, 0.1) is 0 Å². The normalized spacial score (nSPS) is 15.3. The van der Waals surface area contributed by atoms with Crippen molar-refractivity contribution in [2.45, 2.75) is 40.5 Å². The van der Waals surface area contributed by atoms with E-state index in [-0.39, 0.29) is 0 Å². The lowest BCUT2D eigenvalue weighted by Crippen LogP contribution is -2.20. The molecular weight excluding hydrogens is 124 g/mol. The van der Waals surface area contributed by atoms with E-state index in [0.717, 1.165) is 6.42 Å². The molecule has 0 aromatic rings. The lowest BCUT2D eigenvalue weighted by atomic mass is 9.77. The van der Waals surface area contributed by atoms with Crippen LogP contribution in [-0.4, -0.2) is 11.7 Å². The summed E-state index contributed by atoms with van der Waals surface area (Å²) in [5.41, 5.74) is 0.359. The van der Waals surface area contributed by atoms with E-state index in [0.29, 0.717) is 17.9 Å². The minimum absolute atomic E-state index is 0.329. The predicted octanol–water partition coefficient (Wildman–Crippen LogP) is 2.44. The molecule has 1 nitrogen and oxygen atoms in total. The lowest BCUT2D eigenvalue weighted by molar-refractivity contribution is 0.169. The molecule has 0 aliphatic heterocycles. The van der Waals surface area contributed by atoms with Gasteiger partial charge in [0.2, 0.25) is 0 Å². The Balaban J connectivity index is 3.81. The van der Waals surface area contributed by atoms with Crippen LogP contribution in [0.4, 0.5) is 0 Å². The Kier molecular flexibility index (Phi) is 3.95. The smallest absolute Gasteiger partial charge is 0.0433 e. The highest BCUT2D eigenvalue weighted by molar-refractivity contribution is 4.71. The summed E-state index contributed by atoms with van der Waals surface area (Å²) in [7, 11) is 0. The van der Waals surface area contributed by atoms with Crippen molar-refractivity contribution in [3.63, 3.8) is 0 Å². The molecule has 0 saturated heterocycles. The van der Waals surface area contributed by atoms with Crippen molar-refractivity contribution < 1.29 is 5.11 Å². The molecule has 0 fully saturated rings. The van der Waals surface area contributed by atoms with Crippen LogP contribution < -0.4 is 0 Å². The molecule has 1 atom stereocenters. The molecule has 0 aliphatic carbocycles. The van der Waals surface area contributed by atoms with Crippen LogP contribution in [-0.2, 0) is 0 Å². The van der Waals surface area contributed by atoms with Crippen LogP contribution in [0, 0.1) is 11.3 Å². The van der Waals surface area contributed by atoms with Crippen LogP contribution in [0.3, 0.4) is 0 Å². The van der Waals surface area contributed by atoms with Crippen molar-refractivity contribution in [3.8, 4) is 0 Å². The molecule has 0 aromatic heterocycles. The minimum Gasteiger partial charge on any atom is -0.396 e. The van der Waals surface area contributed by atoms with E-state index in [1.54, 1.807) is 0 Å². The summed E-state index contributed by atoms with van der Waals surface area (Å²) in [5, 5.41) is 8.73. The van der Waals surface area contributed by atoms with Gasteiger partial charge in [-0.2, -0.15) is 0 Å². The van der Waals surface area contributed by atoms with E-state index in [1.807, 2.05) is 0 Å². The molecule has 0 saturated carbocycles. The average molecular weight is 144 g/mol. The molecule has 0 amide bonds. The Bertz CT molecular complexity index is 81.2. The Hall–Kier alpha value is -0.0400. The highest BCUT2D eigenvalue weighted by Gasteiger charge is 2.21. The van der Waals surface area contributed by atoms with Crippen molar-refractivity contribution in [1.29, 1.82) is 0 Å². The molecule has 62 valence electrons. The quantitative estimate of drug-likeness (QED) is 0.645. The molecule has 0 radical (unpaired) electrons. The summed E-state index contributed by atoms with van der Waals surface area (Å²) in [6.45, 7) is 9.21. The van der Waals surface area contributed by atoms with Crippen molar-refractivity contribution >= 4 is 0 Å². The molecular formula is C9H20O. The lowest BCUT2D eigenvalue weighted by Gasteiger charge is -2.29. The zero-order chi connectivity index (χ0) is 8.20. The molecule has 0 unspecified atom stereocenters. The maximum atomic E-state index is 8.73. The summed E-state index contributed by atoms with van der Waals surface area (Å²) in [6, 6.07) is 0. The first-order valence-corrected chi connectivity index (χ1v) is 4.13. The van der Waals surface area contributed by atoms with Gasteiger partial charge >= 0.3 is 0 Å². The van der Waals surface area contributed by atoms with Crippen LogP contribution in [0.15, 0.2) is 0 Å². The van der Waals surface area contributed by atoms with Gasteiger partial charge in [-0.05, 0) is 17.8 Å². The second-order valence-corrected chi connectivity index (χ2v) is 3.98. The molecule has 0 spiro atoms. The maximum absolute atomic E-state index is 8.73. The second kappa shape index (κ2) is 3.97. The van der Waals surface area contributed by atoms with Crippen molar-refractivity contribution in [1.82, 2.24) is 0 Å². The van der Waals surface area contributed by atoms with Gasteiger partial charge in [-0.1, -0.05) is 34.1 Å². The Morgan fingerprint density at radius 2 is 1.80 bits per heavy atom. The Morgan fingerprint density at radius 3 is 1.90 bits per heavy atom. The summed E-state index contributed by atoms with van der Waals surface area (Å²) in [6.07, 6.45) is 2.12. The second-order valence-electron chi connectivity index (χ2n) is 3.98. The molecule has 1 N–H and O–H groups in total. The van der Waals surface area contributed by atoms with Gasteiger partial charge in [-0.15, -0.1) is 0 Å².